The minimum Gasteiger partial charge on any atom is -0.325 e. The monoisotopic (exact) mass is 228 g/mol. The average Bonchev–Trinajstić information content (AvgIpc) is 1.95. The Morgan fingerprint density at radius 2 is 1.08 bits per heavy atom. The summed E-state index contributed by atoms with van der Waals surface area (Å²) in [6.07, 6.45) is 8.49. The van der Waals surface area contributed by atoms with Gasteiger partial charge in [0, 0.05) is 0 Å². The van der Waals surface area contributed by atoms with Crippen molar-refractivity contribution in [1.29, 1.82) is 0 Å². The second-order valence-corrected chi connectivity index (χ2v) is 5.42. The van der Waals surface area contributed by atoms with Crippen LogP contribution in [-0.2, 0) is 11.8 Å². The van der Waals surface area contributed by atoms with Crippen molar-refractivity contribution in [1.82, 2.24) is 0 Å². The first-order chi connectivity index (χ1) is 5.91. The first kappa shape index (κ1) is 16.0. The third-order valence-electron chi connectivity index (χ3n) is 1.46. The fourth-order valence-corrected chi connectivity index (χ4v) is 0.854. The molecule has 0 heterocycles. The molecule has 0 saturated carbocycles. The van der Waals surface area contributed by atoms with Crippen molar-refractivity contribution >= 4 is 18.5 Å². The zero-order valence-corrected chi connectivity index (χ0v) is 10.2. The predicted molar refractivity (Wildman–Crippen MR) is 60.0 cm³/mol. The zero-order chi connectivity index (χ0) is 10.7. The zero-order valence-electron chi connectivity index (χ0n) is 8.44. The Balaban J connectivity index is 0. The maximum atomic E-state index is 7.56. The Labute approximate surface area is 86.1 Å². The molecule has 0 saturated heterocycles. The molecule has 0 spiro atoms. The summed E-state index contributed by atoms with van der Waals surface area (Å²) in [5.74, 6) is 0. The highest BCUT2D eigenvalue weighted by molar-refractivity contribution is 8.06. The van der Waals surface area contributed by atoms with Crippen LogP contribution in [0, 0.1) is 0 Å². The van der Waals surface area contributed by atoms with Gasteiger partial charge in [-0.15, -0.1) is 0 Å². The van der Waals surface area contributed by atoms with Crippen LogP contribution in [0.2, 0.25) is 0 Å². The lowest BCUT2D eigenvalue weighted by Gasteiger charge is -1.93. The molecule has 0 aliphatic carbocycles. The van der Waals surface area contributed by atoms with Gasteiger partial charge in [-0.3, -0.25) is 0 Å². The molecule has 0 atom stereocenters. The highest BCUT2D eigenvalue weighted by Crippen LogP contribution is 2.26. The molecule has 0 fully saturated rings. The summed E-state index contributed by atoms with van der Waals surface area (Å²) in [6.45, 7) is 0.706. The van der Waals surface area contributed by atoms with E-state index in [1.165, 1.54) is 38.5 Å². The third kappa shape index (κ3) is 45.4. The summed E-state index contributed by atoms with van der Waals surface area (Å²) in [7, 11) is 0. The van der Waals surface area contributed by atoms with Gasteiger partial charge >= 0.3 is 6.72 Å². The van der Waals surface area contributed by atoms with Crippen LogP contribution in [0.3, 0.4) is 0 Å². The molecule has 0 aromatic heterocycles. The van der Waals surface area contributed by atoms with Gasteiger partial charge < -0.3 is 14.7 Å². The molecule has 0 amide bonds. The van der Waals surface area contributed by atoms with Gasteiger partial charge in [0.1, 0.15) is 0 Å². The second-order valence-electron chi connectivity index (χ2n) is 2.93. The normalized spacial score (nSPS) is 10.5. The van der Waals surface area contributed by atoms with Crippen molar-refractivity contribution in [3.63, 3.8) is 0 Å². The standard InChI is InChI=1S/C8H18.H3O3PS/c1-3-5-7-8-6-4-2;1-4(2,3)5/h3-8H2,1-2H3;(H3,1,2,3,5). The van der Waals surface area contributed by atoms with Gasteiger partial charge in [0.15, 0.2) is 0 Å². The van der Waals surface area contributed by atoms with Crippen LogP contribution in [-0.4, -0.2) is 14.7 Å². The Morgan fingerprint density at radius 3 is 1.23 bits per heavy atom. The van der Waals surface area contributed by atoms with E-state index in [1.807, 2.05) is 0 Å². The Morgan fingerprint density at radius 1 is 0.846 bits per heavy atom. The maximum Gasteiger partial charge on any atom is 0.319 e. The van der Waals surface area contributed by atoms with Crippen LogP contribution in [0.25, 0.3) is 0 Å². The van der Waals surface area contributed by atoms with Crippen molar-refractivity contribution in [2.24, 2.45) is 0 Å². The minimum atomic E-state index is -3.81. The third-order valence-corrected chi connectivity index (χ3v) is 1.46. The van der Waals surface area contributed by atoms with E-state index < -0.39 is 6.72 Å². The molecule has 3 nitrogen and oxygen atoms in total. The van der Waals surface area contributed by atoms with Crippen molar-refractivity contribution < 1.29 is 14.7 Å². The number of unbranched alkanes of at least 4 members (excludes halogenated alkanes) is 5. The van der Waals surface area contributed by atoms with Crippen LogP contribution < -0.4 is 0 Å². The maximum absolute atomic E-state index is 7.56. The highest BCUT2D eigenvalue weighted by Gasteiger charge is 1.92. The minimum absolute atomic E-state index is 1.36. The van der Waals surface area contributed by atoms with Gasteiger partial charge in [-0.1, -0.05) is 52.4 Å². The van der Waals surface area contributed by atoms with E-state index in [4.69, 9.17) is 14.7 Å². The summed E-state index contributed by atoms with van der Waals surface area (Å²) in [5.41, 5.74) is 0. The first-order valence-corrected chi connectivity index (χ1v) is 7.36. The summed E-state index contributed by atoms with van der Waals surface area (Å²) in [4.78, 5) is 22.7. The average molecular weight is 228 g/mol. The van der Waals surface area contributed by atoms with E-state index in [9.17, 15) is 0 Å². The molecule has 5 heteroatoms. The summed E-state index contributed by atoms with van der Waals surface area (Å²) < 4.78 is 0. The molecule has 0 radical (unpaired) electrons. The quantitative estimate of drug-likeness (QED) is 0.500. The second kappa shape index (κ2) is 10.6. The molecule has 0 unspecified atom stereocenters. The van der Waals surface area contributed by atoms with Crippen molar-refractivity contribution in [3.8, 4) is 0 Å². The Hall–Kier alpha value is 0.530. The van der Waals surface area contributed by atoms with Crippen LogP contribution in [0.4, 0.5) is 0 Å². The molecule has 0 rings (SSSR count). The number of rotatable bonds is 5. The Bertz CT molecular complexity index is 121. The van der Waals surface area contributed by atoms with E-state index in [0.717, 1.165) is 0 Å². The van der Waals surface area contributed by atoms with Gasteiger partial charge in [0.25, 0.3) is 0 Å². The lowest BCUT2D eigenvalue weighted by molar-refractivity contribution is 0.363. The molecular formula is C8H21O3PS. The van der Waals surface area contributed by atoms with E-state index in [-0.39, 0.29) is 0 Å². The summed E-state index contributed by atoms with van der Waals surface area (Å²) in [5, 5.41) is 0. The van der Waals surface area contributed by atoms with E-state index >= 15 is 0 Å². The van der Waals surface area contributed by atoms with Gasteiger partial charge in [0.2, 0.25) is 0 Å². The summed E-state index contributed by atoms with van der Waals surface area (Å²) >= 11 is 3.60. The first-order valence-electron chi connectivity index (χ1n) is 4.70. The highest BCUT2D eigenvalue weighted by atomic mass is 32.5. The van der Waals surface area contributed by atoms with E-state index in [0.29, 0.717) is 0 Å². The van der Waals surface area contributed by atoms with Crippen LogP contribution in [0.5, 0.6) is 0 Å². The topological polar surface area (TPSA) is 60.7 Å². The largest absolute Gasteiger partial charge is 0.325 e. The van der Waals surface area contributed by atoms with Gasteiger partial charge in [-0.2, -0.15) is 0 Å². The van der Waals surface area contributed by atoms with Crippen LogP contribution in [0.1, 0.15) is 52.4 Å². The molecule has 82 valence electrons. The van der Waals surface area contributed by atoms with E-state index in [2.05, 4.69) is 25.7 Å². The lowest BCUT2D eigenvalue weighted by Crippen LogP contribution is -1.73. The lowest BCUT2D eigenvalue weighted by atomic mass is 10.1. The molecule has 0 aromatic carbocycles. The Kier molecular flexibility index (Phi) is 13.0. The van der Waals surface area contributed by atoms with E-state index in [1.54, 1.807) is 0 Å². The van der Waals surface area contributed by atoms with Crippen molar-refractivity contribution in [3.05, 3.63) is 0 Å². The molecule has 3 N–H and O–H groups in total. The van der Waals surface area contributed by atoms with Crippen LogP contribution in [0.15, 0.2) is 0 Å². The smallest absolute Gasteiger partial charge is 0.319 e. The molecule has 0 bridgehead atoms. The van der Waals surface area contributed by atoms with Gasteiger partial charge in [-0.25, -0.2) is 0 Å². The molecule has 13 heavy (non-hydrogen) atoms. The fraction of sp³-hybridized carbons (Fsp3) is 1.00. The summed E-state index contributed by atoms with van der Waals surface area (Å²) in [6, 6.07) is 0. The van der Waals surface area contributed by atoms with Crippen molar-refractivity contribution in [2.45, 2.75) is 52.4 Å². The molecule has 0 aliphatic rings. The number of hydrogen-bond donors (Lipinski definition) is 3. The predicted octanol–water partition coefficient (Wildman–Crippen LogP) is 2.55. The molecule has 0 aromatic rings. The van der Waals surface area contributed by atoms with Crippen molar-refractivity contribution in [2.75, 3.05) is 0 Å². The van der Waals surface area contributed by atoms with Crippen LogP contribution >= 0.6 is 6.72 Å². The SMILES string of the molecule is CCCCCCCC.OP(O)(O)=S. The van der Waals surface area contributed by atoms with Gasteiger partial charge in [-0.05, 0) is 11.8 Å². The van der Waals surface area contributed by atoms with Gasteiger partial charge in [0.05, 0.1) is 0 Å². The number of hydrogen-bond acceptors (Lipinski definition) is 1. The molecular weight excluding hydrogens is 207 g/mol. The molecule has 0 aliphatic heterocycles. The fourth-order valence-electron chi connectivity index (χ4n) is 0.854.